The summed E-state index contributed by atoms with van der Waals surface area (Å²) in [6, 6.07) is 9.23. The number of para-hydroxylation sites is 1. The van der Waals surface area contributed by atoms with E-state index in [1.54, 1.807) is 12.1 Å². The monoisotopic (exact) mass is 361 g/mol. The van der Waals surface area contributed by atoms with Crippen molar-refractivity contribution in [3.05, 3.63) is 52.0 Å². The van der Waals surface area contributed by atoms with Gasteiger partial charge in [0.1, 0.15) is 0 Å². The number of methoxy groups -OCH3 is 1. The minimum Gasteiger partial charge on any atom is -0.493 e. The minimum absolute atomic E-state index is 0.230. The van der Waals surface area contributed by atoms with Gasteiger partial charge >= 0.3 is 0 Å². The summed E-state index contributed by atoms with van der Waals surface area (Å²) in [4.78, 5) is 12.7. The van der Waals surface area contributed by atoms with E-state index in [-0.39, 0.29) is 5.91 Å². The highest BCUT2D eigenvalue weighted by molar-refractivity contribution is 6.32. The molecule has 1 amide bonds. The van der Waals surface area contributed by atoms with Gasteiger partial charge in [0, 0.05) is 11.3 Å². The van der Waals surface area contributed by atoms with E-state index in [1.165, 1.54) is 7.11 Å². The number of anilines is 1. The molecule has 0 heterocycles. The van der Waals surface area contributed by atoms with Crippen LogP contribution in [0.2, 0.25) is 5.02 Å². The highest BCUT2D eigenvalue weighted by Crippen LogP contribution is 2.37. The first kappa shape index (κ1) is 19.1. The van der Waals surface area contributed by atoms with Crippen molar-refractivity contribution in [1.82, 2.24) is 0 Å². The smallest absolute Gasteiger partial charge is 0.255 e. The first-order chi connectivity index (χ1) is 12.0. The van der Waals surface area contributed by atoms with Gasteiger partial charge in [-0.3, -0.25) is 4.79 Å². The first-order valence-electron chi connectivity index (χ1n) is 8.41. The third-order valence-electron chi connectivity index (χ3n) is 3.92. The SMILES string of the molecule is CCCOc1c(Cl)cc(C(=O)Nc2c(C)cccc2CC)cc1OC. The average Bonchev–Trinajstić information content (AvgIpc) is 2.61. The molecule has 2 aromatic carbocycles. The van der Waals surface area contributed by atoms with Crippen LogP contribution in [-0.2, 0) is 6.42 Å². The Balaban J connectivity index is 2.33. The Morgan fingerprint density at radius 2 is 2.00 bits per heavy atom. The van der Waals surface area contributed by atoms with Gasteiger partial charge in [0.05, 0.1) is 18.7 Å². The molecule has 2 aromatic rings. The molecule has 0 aromatic heterocycles. The molecular weight excluding hydrogens is 338 g/mol. The number of benzene rings is 2. The molecule has 0 spiro atoms. The summed E-state index contributed by atoms with van der Waals surface area (Å²) in [5.41, 5.74) is 3.38. The molecule has 2 rings (SSSR count). The van der Waals surface area contributed by atoms with Gasteiger partial charge in [0.2, 0.25) is 0 Å². The molecule has 0 bridgehead atoms. The first-order valence-corrected chi connectivity index (χ1v) is 8.79. The van der Waals surface area contributed by atoms with Crippen LogP contribution in [0, 0.1) is 6.92 Å². The summed E-state index contributed by atoms with van der Waals surface area (Å²) < 4.78 is 11.0. The Morgan fingerprint density at radius 1 is 1.24 bits per heavy atom. The van der Waals surface area contributed by atoms with Crippen LogP contribution in [-0.4, -0.2) is 19.6 Å². The van der Waals surface area contributed by atoms with E-state index in [0.29, 0.717) is 28.7 Å². The molecule has 0 aliphatic carbocycles. The van der Waals surface area contributed by atoms with Crippen LogP contribution >= 0.6 is 11.6 Å². The van der Waals surface area contributed by atoms with Crippen molar-refractivity contribution in [3.63, 3.8) is 0 Å². The van der Waals surface area contributed by atoms with Crippen LogP contribution in [0.5, 0.6) is 11.5 Å². The van der Waals surface area contributed by atoms with Crippen molar-refractivity contribution in [2.75, 3.05) is 19.0 Å². The summed E-state index contributed by atoms with van der Waals surface area (Å²) in [5.74, 6) is 0.686. The molecule has 0 unspecified atom stereocenters. The molecule has 25 heavy (non-hydrogen) atoms. The van der Waals surface area contributed by atoms with Gasteiger partial charge in [-0.15, -0.1) is 0 Å². The van der Waals surface area contributed by atoms with Crippen LogP contribution in [0.3, 0.4) is 0 Å². The van der Waals surface area contributed by atoms with Gasteiger partial charge in [0.25, 0.3) is 5.91 Å². The Morgan fingerprint density at radius 3 is 2.64 bits per heavy atom. The maximum absolute atomic E-state index is 12.7. The lowest BCUT2D eigenvalue weighted by atomic mass is 10.1. The molecule has 0 aliphatic rings. The second-order valence-corrected chi connectivity index (χ2v) is 6.16. The number of hydrogen-bond donors (Lipinski definition) is 1. The highest BCUT2D eigenvalue weighted by Gasteiger charge is 2.17. The highest BCUT2D eigenvalue weighted by atomic mass is 35.5. The standard InChI is InChI=1S/C20H24ClNO3/c1-5-10-25-19-16(21)11-15(12-17(19)24-4)20(23)22-18-13(3)8-7-9-14(18)6-2/h7-9,11-12H,5-6,10H2,1-4H3,(H,22,23). The number of halogens is 1. The van der Waals surface area contributed by atoms with E-state index in [0.717, 1.165) is 29.7 Å². The fourth-order valence-electron chi connectivity index (χ4n) is 2.58. The predicted octanol–water partition coefficient (Wildman–Crippen LogP) is 5.26. The van der Waals surface area contributed by atoms with Crippen LogP contribution in [0.25, 0.3) is 0 Å². The van der Waals surface area contributed by atoms with Crippen molar-refractivity contribution >= 4 is 23.2 Å². The van der Waals surface area contributed by atoms with E-state index in [4.69, 9.17) is 21.1 Å². The van der Waals surface area contributed by atoms with E-state index in [2.05, 4.69) is 12.2 Å². The number of nitrogens with one attached hydrogen (secondary N) is 1. The van der Waals surface area contributed by atoms with Crippen molar-refractivity contribution in [1.29, 1.82) is 0 Å². The molecule has 134 valence electrons. The second kappa shape index (κ2) is 8.77. The zero-order valence-electron chi connectivity index (χ0n) is 15.1. The van der Waals surface area contributed by atoms with E-state index in [9.17, 15) is 4.79 Å². The maximum atomic E-state index is 12.7. The fourth-order valence-corrected chi connectivity index (χ4v) is 2.85. The quantitative estimate of drug-likeness (QED) is 0.731. The lowest BCUT2D eigenvalue weighted by Crippen LogP contribution is -2.15. The Kier molecular flexibility index (Phi) is 6.71. The van der Waals surface area contributed by atoms with Crippen LogP contribution < -0.4 is 14.8 Å². The fraction of sp³-hybridized carbons (Fsp3) is 0.350. The average molecular weight is 362 g/mol. The van der Waals surface area contributed by atoms with Gasteiger partial charge in [-0.2, -0.15) is 0 Å². The Hall–Kier alpha value is -2.20. The summed E-state index contributed by atoms with van der Waals surface area (Å²) in [6.07, 6.45) is 1.69. The van der Waals surface area contributed by atoms with E-state index < -0.39 is 0 Å². The zero-order valence-corrected chi connectivity index (χ0v) is 15.9. The molecule has 0 aliphatic heterocycles. The molecule has 0 radical (unpaired) electrons. The van der Waals surface area contributed by atoms with Crippen molar-refractivity contribution in [2.24, 2.45) is 0 Å². The summed E-state index contributed by atoms with van der Waals surface area (Å²) in [6.45, 7) is 6.58. The summed E-state index contributed by atoms with van der Waals surface area (Å²) >= 11 is 6.30. The van der Waals surface area contributed by atoms with Gasteiger partial charge < -0.3 is 14.8 Å². The molecule has 0 atom stereocenters. The van der Waals surface area contributed by atoms with Crippen LogP contribution in [0.4, 0.5) is 5.69 Å². The van der Waals surface area contributed by atoms with E-state index in [1.807, 2.05) is 32.0 Å². The Labute approximate surface area is 154 Å². The third kappa shape index (κ3) is 4.45. The minimum atomic E-state index is -0.230. The molecule has 0 saturated heterocycles. The predicted molar refractivity (Wildman–Crippen MR) is 102 cm³/mol. The largest absolute Gasteiger partial charge is 0.493 e. The molecule has 1 N–H and O–H groups in total. The molecule has 0 fully saturated rings. The van der Waals surface area contributed by atoms with Gasteiger partial charge in [-0.1, -0.05) is 43.6 Å². The van der Waals surface area contributed by atoms with Crippen LogP contribution in [0.1, 0.15) is 41.8 Å². The number of rotatable bonds is 7. The third-order valence-corrected chi connectivity index (χ3v) is 4.20. The number of carbonyl (C=O) groups is 1. The molecule has 0 saturated carbocycles. The van der Waals surface area contributed by atoms with Gasteiger partial charge in [-0.05, 0) is 43.0 Å². The normalized spacial score (nSPS) is 10.4. The van der Waals surface area contributed by atoms with Crippen molar-refractivity contribution in [2.45, 2.75) is 33.6 Å². The molecule has 4 nitrogen and oxygen atoms in total. The zero-order chi connectivity index (χ0) is 18.4. The second-order valence-electron chi connectivity index (χ2n) is 5.75. The maximum Gasteiger partial charge on any atom is 0.255 e. The van der Waals surface area contributed by atoms with Crippen molar-refractivity contribution < 1.29 is 14.3 Å². The van der Waals surface area contributed by atoms with Crippen molar-refractivity contribution in [3.8, 4) is 11.5 Å². The number of ether oxygens (including phenoxy) is 2. The summed E-state index contributed by atoms with van der Waals surface area (Å²) in [7, 11) is 1.53. The lowest BCUT2D eigenvalue weighted by Gasteiger charge is -2.15. The molecule has 5 heteroatoms. The van der Waals surface area contributed by atoms with E-state index >= 15 is 0 Å². The number of aryl methyl sites for hydroxylation is 2. The number of carbonyl (C=O) groups excluding carboxylic acids is 1. The van der Waals surface area contributed by atoms with Gasteiger partial charge in [0.15, 0.2) is 11.5 Å². The number of hydrogen-bond acceptors (Lipinski definition) is 3. The summed E-state index contributed by atoms with van der Waals surface area (Å²) in [5, 5.41) is 3.35. The number of amides is 1. The molecular formula is C20H24ClNO3. The lowest BCUT2D eigenvalue weighted by molar-refractivity contribution is 0.102. The Bertz CT molecular complexity index is 759. The topological polar surface area (TPSA) is 47.6 Å². The van der Waals surface area contributed by atoms with Crippen LogP contribution in [0.15, 0.2) is 30.3 Å². The van der Waals surface area contributed by atoms with Gasteiger partial charge in [-0.25, -0.2) is 0 Å².